The summed E-state index contributed by atoms with van der Waals surface area (Å²) in [5, 5.41) is 4.07. The number of rotatable bonds is 3. The summed E-state index contributed by atoms with van der Waals surface area (Å²) in [5.41, 5.74) is 8.62. The maximum atomic E-state index is 6.01. The zero-order valence-electron chi connectivity index (χ0n) is 10.9. The van der Waals surface area contributed by atoms with E-state index in [9.17, 15) is 0 Å². The summed E-state index contributed by atoms with van der Waals surface area (Å²) in [4.78, 5) is 4.16. The summed E-state index contributed by atoms with van der Waals surface area (Å²) in [6.45, 7) is 0. The predicted octanol–water partition coefficient (Wildman–Crippen LogP) is 2.98. The summed E-state index contributed by atoms with van der Waals surface area (Å²) >= 11 is 0. The highest BCUT2D eigenvalue weighted by molar-refractivity contribution is 5.52. The quantitative estimate of drug-likeness (QED) is 0.740. The highest BCUT2D eigenvalue weighted by Gasteiger charge is 2.27. The van der Waals surface area contributed by atoms with Crippen LogP contribution in [0.5, 0.6) is 11.5 Å². The second-order valence-electron chi connectivity index (χ2n) is 5.10. The Labute approximate surface area is 116 Å². The van der Waals surface area contributed by atoms with Crippen LogP contribution in [-0.4, -0.2) is 14.6 Å². The van der Waals surface area contributed by atoms with E-state index in [1.807, 2.05) is 36.5 Å². The van der Waals surface area contributed by atoms with Crippen LogP contribution in [0.15, 0.2) is 42.9 Å². The molecule has 0 saturated heterocycles. The largest absolute Gasteiger partial charge is 0.457 e. The van der Waals surface area contributed by atoms with Crippen LogP contribution < -0.4 is 10.5 Å². The van der Waals surface area contributed by atoms with Gasteiger partial charge in [0.15, 0.2) is 5.65 Å². The van der Waals surface area contributed by atoms with Crippen molar-refractivity contribution >= 4 is 11.3 Å². The Kier molecular flexibility index (Phi) is 2.39. The first kappa shape index (κ1) is 11.3. The monoisotopic (exact) mass is 266 g/mol. The number of nitrogens with two attached hydrogens (primary N) is 1. The van der Waals surface area contributed by atoms with E-state index in [0.29, 0.717) is 5.92 Å². The van der Waals surface area contributed by atoms with Gasteiger partial charge in [0.05, 0.1) is 0 Å². The van der Waals surface area contributed by atoms with Gasteiger partial charge in [-0.25, -0.2) is 9.50 Å². The van der Waals surface area contributed by atoms with Gasteiger partial charge in [-0.2, -0.15) is 5.10 Å². The second-order valence-corrected chi connectivity index (χ2v) is 5.10. The average Bonchev–Trinajstić information content (AvgIpc) is 3.19. The number of aromatic nitrogens is 3. The summed E-state index contributed by atoms with van der Waals surface area (Å²) in [6, 6.07) is 9.59. The Balaban J connectivity index is 1.71. The molecule has 1 aliphatic rings. The Bertz CT molecular complexity index is 776. The molecule has 0 radical (unpaired) electrons. The summed E-state index contributed by atoms with van der Waals surface area (Å²) in [5.74, 6) is 2.23. The number of anilines is 1. The third-order valence-corrected chi connectivity index (χ3v) is 3.53. The lowest BCUT2D eigenvalue weighted by Crippen LogP contribution is -1.94. The smallest absolute Gasteiger partial charge is 0.158 e. The zero-order valence-corrected chi connectivity index (χ0v) is 10.9. The molecule has 5 nitrogen and oxygen atoms in total. The first-order valence-corrected chi connectivity index (χ1v) is 6.66. The predicted molar refractivity (Wildman–Crippen MR) is 75.9 cm³/mol. The van der Waals surface area contributed by atoms with Crippen LogP contribution in [0.4, 0.5) is 5.69 Å². The number of pyridine rings is 1. The van der Waals surface area contributed by atoms with Crippen molar-refractivity contribution in [2.75, 3.05) is 5.73 Å². The summed E-state index contributed by atoms with van der Waals surface area (Å²) < 4.78 is 7.71. The molecule has 20 heavy (non-hydrogen) atoms. The van der Waals surface area contributed by atoms with Gasteiger partial charge in [0.25, 0.3) is 0 Å². The molecule has 1 saturated carbocycles. The molecule has 2 N–H and O–H groups in total. The average molecular weight is 266 g/mol. The van der Waals surface area contributed by atoms with E-state index in [1.54, 1.807) is 4.52 Å². The molecule has 1 fully saturated rings. The fraction of sp³-hybridized carbons (Fsp3) is 0.200. The molecule has 2 aromatic heterocycles. The van der Waals surface area contributed by atoms with E-state index in [4.69, 9.17) is 10.5 Å². The Hall–Kier alpha value is -2.56. The molecule has 0 aliphatic heterocycles. The van der Waals surface area contributed by atoms with Crippen molar-refractivity contribution in [1.29, 1.82) is 0 Å². The van der Waals surface area contributed by atoms with Gasteiger partial charge in [0, 0.05) is 18.0 Å². The van der Waals surface area contributed by atoms with Crippen LogP contribution in [0.1, 0.15) is 24.3 Å². The van der Waals surface area contributed by atoms with E-state index in [2.05, 4.69) is 10.1 Å². The molecular weight excluding hydrogens is 252 g/mol. The van der Waals surface area contributed by atoms with Gasteiger partial charge in [0.1, 0.15) is 17.8 Å². The number of nitrogen functional groups attached to an aromatic ring is 1. The molecule has 0 amide bonds. The minimum Gasteiger partial charge on any atom is -0.457 e. The fourth-order valence-electron chi connectivity index (χ4n) is 2.36. The number of hydrogen-bond acceptors (Lipinski definition) is 4. The second kappa shape index (κ2) is 4.23. The maximum Gasteiger partial charge on any atom is 0.158 e. The van der Waals surface area contributed by atoms with Gasteiger partial charge in [-0.15, -0.1) is 0 Å². The van der Waals surface area contributed by atoms with E-state index in [-0.39, 0.29) is 0 Å². The number of benzene rings is 1. The van der Waals surface area contributed by atoms with E-state index < -0.39 is 0 Å². The Morgan fingerprint density at radius 1 is 1.20 bits per heavy atom. The van der Waals surface area contributed by atoms with E-state index in [1.165, 1.54) is 24.7 Å². The van der Waals surface area contributed by atoms with Crippen LogP contribution in [0.25, 0.3) is 5.65 Å². The molecule has 0 unspecified atom stereocenters. The molecular formula is C15H14N4O. The molecule has 100 valence electrons. The first-order chi connectivity index (χ1) is 9.79. The minimum absolute atomic E-state index is 0.588. The highest BCUT2D eigenvalue weighted by Crippen LogP contribution is 2.45. The van der Waals surface area contributed by atoms with Crippen molar-refractivity contribution in [3.05, 3.63) is 48.4 Å². The van der Waals surface area contributed by atoms with Crippen LogP contribution in [0.2, 0.25) is 0 Å². The van der Waals surface area contributed by atoms with Gasteiger partial charge in [-0.1, -0.05) is 0 Å². The van der Waals surface area contributed by atoms with Gasteiger partial charge in [0.2, 0.25) is 0 Å². The number of hydrogen-bond donors (Lipinski definition) is 1. The van der Waals surface area contributed by atoms with Gasteiger partial charge >= 0.3 is 0 Å². The zero-order chi connectivity index (χ0) is 13.5. The van der Waals surface area contributed by atoms with Crippen LogP contribution >= 0.6 is 0 Å². The number of ether oxygens (including phenoxy) is 1. The van der Waals surface area contributed by atoms with Crippen molar-refractivity contribution < 1.29 is 4.74 Å². The van der Waals surface area contributed by atoms with E-state index >= 15 is 0 Å². The summed E-state index contributed by atoms with van der Waals surface area (Å²) in [6.07, 6.45) is 5.79. The molecule has 0 atom stereocenters. The SMILES string of the molecule is Nc1ccc(Oc2ccn3ncnc3c2)c(C2CC2)c1. The molecule has 1 aromatic carbocycles. The van der Waals surface area contributed by atoms with Crippen molar-refractivity contribution in [3.63, 3.8) is 0 Å². The normalized spacial score (nSPS) is 14.6. The van der Waals surface area contributed by atoms with Gasteiger partial charge < -0.3 is 10.5 Å². The van der Waals surface area contributed by atoms with Crippen molar-refractivity contribution in [2.24, 2.45) is 0 Å². The van der Waals surface area contributed by atoms with Crippen molar-refractivity contribution in [1.82, 2.24) is 14.6 Å². The lowest BCUT2D eigenvalue weighted by atomic mass is 10.1. The fourth-order valence-corrected chi connectivity index (χ4v) is 2.36. The Morgan fingerprint density at radius 2 is 2.10 bits per heavy atom. The lowest BCUT2D eigenvalue weighted by molar-refractivity contribution is 0.476. The standard InChI is InChI=1S/C15H14N4O/c16-11-3-4-14(13(7-11)10-1-2-10)20-12-5-6-19-15(8-12)17-9-18-19/h3-10H,1-2,16H2. The van der Waals surface area contributed by atoms with E-state index in [0.717, 1.165) is 22.8 Å². The topological polar surface area (TPSA) is 65.4 Å². The number of nitrogens with zero attached hydrogens (tertiary/aromatic N) is 3. The minimum atomic E-state index is 0.588. The molecule has 4 rings (SSSR count). The first-order valence-electron chi connectivity index (χ1n) is 6.66. The number of fused-ring (bicyclic) bond motifs is 1. The highest BCUT2D eigenvalue weighted by atomic mass is 16.5. The van der Waals surface area contributed by atoms with Gasteiger partial charge in [-0.3, -0.25) is 0 Å². The molecule has 0 spiro atoms. The van der Waals surface area contributed by atoms with Crippen LogP contribution in [0, 0.1) is 0 Å². The summed E-state index contributed by atoms with van der Waals surface area (Å²) in [7, 11) is 0. The van der Waals surface area contributed by atoms with Crippen molar-refractivity contribution in [2.45, 2.75) is 18.8 Å². The molecule has 0 bridgehead atoms. The third kappa shape index (κ3) is 1.97. The molecule has 2 heterocycles. The van der Waals surface area contributed by atoms with Crippen LogP contribution in [0.3, 0.4) is 0 Å². The lowest BCUT2D eigenvalue weighted by Gasteiger charge is -2.11. The van der Waals surface area contributed by atoms with Crippen LogP contribution in [-0.2, 0) is 0 Å². The molecule has 3 aromatic rings. The third-order valence-electron chi connectivity index (χ3n) is 3.53. The maximum absolute atomic E-state index is 6.01. The van der Waals surface area contributed by atoms with Crippen molar-refractivity contribution in [3.8, 4) is 11.5 Å². The van der Waals surface area contributed by atoms with Gasteiger partial charge in [-0.05, 0) is 48.6 Å². The molecule has 1 aliphatic carbocycles. The Morgan fingerprint density at radius 3 is 2.95 bits per heavy atom. The molecule has 5 heteroatoms.